The van der Waals surface area contributed by atoms with Crippen molar-refractivity contribution in [3.63, 3.8) is 0 Å². The number of carbonyl (C=O) groups excluding carboxylic acids is 1. The predicted octanol–water partition coefficient (Wildman–Crippen LogP) is 9.68. The van der Waals surface area contributed by atoms with Gasteiger partial charge in [0.25, 0.3) is 0 Å². The average molecular weight is 492 g/mol. The Kier molecular flexibility index (Phi) is 33.9. The fraction of sp³-hybridized carbons (Fsp3) is 0.966. The van der Waals surface area contributed by atoms with Gasteiger partial charge in [-0.25, -0.2) is 0 Å². The number of hydrogen-bond donors (Lipinski definition) is 1. The fourth-order valence-corrected chi connectivity index (χ4v) is 4.37. The van der Waals surface area contributed by atoms with Crippen LogP contribution >= 0.6 is 11.8 Å². The van der Waals surface area contributed by atoms with Gasteiger partial charge in [-0.05, 0) is 62.4 Å². The molecule has 0 spiro atoms. The molecule has 0 bridgehead atoms. The SMILES string of the molecule is CC.CC.CC.CCSCCCCCC(=O)NC(CC)(CC)COC(CC)(CC)CC(C)C. The van der Waals surface area contributed by atoms with E-state index in [2.05, 4.69) is 53.8 Å². The van der Waals surface area contributed by atoms with E-state index in [1.165, 1.54) is 17.9 Å². The first kappa shape index (κ1) is 40.0. The van der Waals surface area contributed by atoms with Crippen LogP contribution in [0.2, 0.25) is 0 Å². The van der Waals surface area contributed by atoms with Crippen LogP contribution < -0.4 is 5.32 Å². The zero-order valence-electron chi connectivity index (χ0n) is 25.3. The van der Waals surface area contributed by atoms with E-state index in [0.717, 1.165) is 44.9 Å². The van der Waals surface area contributed by atoms with Gasteiger partial charge >= 0.3 is 0 Å². The Hall–Kier alpha value is -0.220. The number of rotatable bonds is 17. The summed E-state index contributed by atoms with van der Waals surface area (Å²) >= 11 is 1.98. The average Bonchev–Trinajstić information content (AvgIpc) is 2.86. The van der Waals surface area contributed by atoms with Gasteiger partial charge in [0, 0.05) is 6.42 Å². The molecule has 0 rings (SSSR count). The molecule has 0 fully saturated rings. The zero-order valence-corrected chi connectivity index (χ0v) is 26.1. The molecule has 0 aliphatic carbocycles. The van der Waals surface area contributed by atoms with E-state index >= 15 is 0 Å². The van der Waals surface area contributed by atoms with Crippen LogP contribution in [0, 0.1) is 5.92 Å². The van der Waals surface area contributed by atoms with Crippen LogP contribution in [0.15, 0.2) is 0 Å². The quantitative estimate of drug-likeness (QED) is 0.206. The number of ether oxygens (including phenoxy) is 1. The maximum atomic E-state index is 12.5. The van der Waals surface area contributed by atoms with Crippen molar-refractivity contribution in [2.24, 2.45) is 5.92 Å². The Bertz CT molecular complexity index is 378. The highest BCUT2D eigenvalue weighted by molar-refractivity contribution is 7.99. The smallest absolute Gasteiger partial charge is 0.220 e. The number of thioether (sulfide) groups is 1. The number of hydrogen-bond acceptors (Lipinski definition) is 3. The second-order valence-electron chi connectivity index (χ2n) is 8.32. The van der Waals surface area contributed by atoms with Crippen molar-refractivity contribution in [1.82, 2.24) is 5.32 Å². The summed E-state index contributed by atoms with van der Waals surface area (Å²) in [6.45, 7) is 28.1. The molecule has 0 saturated carbocycles. The topological polar surface area (TPSA) is 38.3 Å². The molecule has 0 aromatic heterocycles. The van der Waals surface area contributed by atoms with Gasteiger partial charge in [0.05, 0.1) is 17.7 Å². The molecular formula is C29H65NO2S. The summed E-state index contributed by atoms with van der Waals surface area (Å²) < 4.78 is 6.54. The number of amides is 1. The largest absolute Gasteiger partial charge is 0.373 e. The number of carbonyl (C=O) groups is 1. The molecule has 0 heterocycles. The van der Waals surface area contributed by atoms with Crippen LogP contribution in [-0.2, 0) is 9.53 Å². The molecule has 3 nitrogen and oxygen atoms in total. The number of unbranched alkanes of at least 4 members (excludes halogenated alkanes) is 2. The molecule has 0 aromatic rings. The normalized spacial score (nSPS) is 10.8. The Morgan fingerprint density at radius 3 is 1.73 bits per heavy atom. The van der Waals surface area contributed by atoms with E-state index in [-0.39, 0.29) is 17.0 Å². The lowest BCUT2D eigenvalue weighted by molar-refractivity contribution is -0.128. The predicted molar refractivity (Wildman–Crippen MR) is 156 cm³/mol. The van der Waals surface area contributed by atoms with Crippen LogP contribution in [0.1, 0.15) is 148 Å². The lowest BCUT2D eigenvalue weighted by Crippen LogP contribution is -2.53. The molecule has 0 unspecified atom stereocenters. The standard InChI is InChI=1S/C23H47NO2S.3C2H6/c1-8-22(9-2,19-26-23(10-3,11-4)18-20(6)7)24-21(25)16-14-13-15-17-27-12-5;3*1-2/h20H,8-19H2,1-7H3,(H,24,25);3*1-2H3. The Morgan fingerprint density at radius 1 is 0.818 bits per heavy atom. The summed E-state index contributed by atoms with van der Waals surface area (Å²) in [7, 11) is 0. The van der Waals surface area contributed by atoms with Crippen LogP contribution in [-0.4, -0.2) is 35.2 Å². The van der Waals surface area contributed by atoms with Crippen LogP contribution in [0.25, 0.3) is 0 Å². The molecule has 0 aliphatic heterocycles. The van der Waals surface area contributed by atoms with Crippen molar-refractivity contribution in [2.45, 2.75) is 159 Å². The monoisotopic (exact) mass is 491 g/mol. The maximum Gasteiger partial charge on any atom is 0.220 e. The minimum absolute atomic E-state index is 0.0641. The minimum Gasteiger partial charge on any atom is -0.373 e. The molecule has 0 aliphatic rings. The fourth-order valence-electron chi connectivity index (χ4n) is 3.67. The number of nitrogens with one attached hydrogen (secondary N) is 1. The van der Waals surface area contributed by atoms with Crippen molar-refractivity contribution in [3.8, 4) is 0 Å². The summed E-state index contributed by atoms with van der Waals surface area (Å²) in [6.07, 6.45) is 8.93. The van der Waals surface area contributed by atoms with E-state index < -0.39 is 0 Å². The molecule has 0 radical (unpaired) electrons. The van der Waals surface area contributed by atoms with E-state index in [1.807, 2.05) is 53.3 Å². The van der Waals surface area contributed by atoms with Crippen molar-refractivity contribution < 1.29 is 9.53 Å². The van der Waals surface area contributed by atoms with Crippen molar-refractivity contribution >= 4 is 17.7 Å². The van der Waals surface area contributed by atoms with Gasteiger partial charge in [-0.15, -0.1) is 0 Å². The molecule has 33 heavy (non-hydrogen) atoms. The first-order valence-corrected chi connectivity index (χ1v) is 15.5. The Morgan fingerprint density at radius 2 is 1.33 bits per heavy atom. The van der Waals surface area contributed by atoms with Crippen molar-refractivity contribution in [2.75, 3.05) is 18.1 Å². The molecule has 1 N–H and O–H groups in total. The van der Waals surface area contributed by atoms with Gasteiger partial charge in [-0.1, -0.05) is 96.4 Å². The Balaban J connectivity index is -0.000000642. The molecule has 0 aromatic carbocycles. The van der Waals surface area contributed by atoms with Gasteiger partial charge in [0.1, 0.15) is 0 Å². The highest BCUT2D eigenvalue weighted by Gasteiger charge is 2.34. The van der Waals surface area contributed by atoms with E-state index in [1.54, 1.807) is 0 Å². The van der Waals surface area contributed by atoms with E-state index in [9.17, 15) is 4.79 Å². The Labute approximate surface area is 215 Å². The summed E-state index contributed by atoms with van der Waals surface area (Å²) in [5.74, 6) is 3.20. The minimum atomic E-state index is -0.234. The first-order chi connectivity index (χ1) is 15.8. The van der Waals surface area contributed by atoms with Gasteiger partial charge in [-0.2, -0.15) is 11.8 Å². The van der Waals surface area contributed by atoms with E-state index in [4.69, 9.17) is 4.74 Å². The third kappa shape index (κ3) is 20.8. The van der Waals surface area contributed by atoms with Crippen molar-refractivity contribution in [3.05, 3.63) is 0 Å². The summed E-state index contributed by atoms with van der Waals surface area (Å²) in [5.41, 5.74) is -0.298. The zero-order chi connectivity index (χ0) is 26.8. The van der Waals surface area contributed by atoms with E-state index in [0.29, 0.717) is 18.9 Å². The first-order valence-electron chi connectivity index (χ1n) is 14.3. The molecule has 0 saturated heterocycles. The second kappa shape index (κ2) is 28.0. The molecule has 1 amide bonds. The molecule has 0 atom stereocenters. The highest BCUT2D eigenvalue weighted by Crippen LogP contribution is 2.31. The van der Waals surface area contributed by atoms with Crippen LogP contribution in [0.3, 0.4) is 0 Å². The lowest BCUT2D eigenvalue weighted by Gasteiger charge is -2.40. The van der Waals surface area contributed by atoms with Crippen molar-refractivity contribution in [1.29, 1.82) is 0 Å². The molecule has 204 valence electrons. The third-order valence-corrected chi connectivity index (χ3v) is 6.86. The third-order valence-electron chi connectivity index (χ3n) is 5.88. The van der Waals surface area contributed by atoms with Gasteiger partial charge in [0.15, 0.2) is 0 Å². The van der Waals surface area contributed by atoms with Crippen LogP contribution in [0.5, 0.6) is 0 Å². The molecular weight excluding hydrogens is 426 g/mol. The summed E-state index contributed by atoms with van der Waals surface area (Å²) in [6, 6.07) is 0. The lowest BCUT2D eigenvalue weighted by atomic mass is 9.86. The highest BCUT2D eigenvalue weighted by atomic mass is 32.2. The summed E-state index contributed by atoms with van der Waals surface area (Å²) in [4.78, 5) is 12.5. The van der Waals surface area contributed by atoms with Gasteiger partial charge in [-0.3, -0.25) is 4.79 Å². The van der Waals surface area contributed by atoms with Crippen LogP contribution in [0.4, 0.5) is 0 Å². The second-order valence-corrected chi connectivity index (χ2v) is 9.71. The maximum absolute atomic E-state index is 12.5. The van der Waals surface area contributed by atoms with Gasteiger partial charge in [0.2, 0.25) is 5.91 Å². The molecule has 4 heteroatoms. The summed E-state index contributed by atoms with van der Waals surface area (Å²) in [5, 5.41) is 3.34. The van der Waals surface area contributed by atoms with Gasteiger partial charge < -0.3 is 10.1 Å².